The minimum atomic E-state index is -1.01. The molecule has 0 aliphatic carbocycles. The average Bonchev–Trinajstić information content (AvgIpc) is 2.56. The molecule has 1 aromatic carbocycles. The van der Waals surface area contributed by atoms with E-state index >= 15 is 0 Å². The third-order valence-corrected chi connectivity index (χ3v) is 3.15. The topological polar surface area (TPSA) is 79.1 Å². The zero-order valence-electron chi connectivity index (χ0n) is 9.33. The second-order valence-corrected chi connectivity index (χ2v) is 4.45. The lowest BCUT2D eigenvalue weighted by Gasteiger charge is -2.07. The molecular weight excluding hydrogens is 240 g/mol. The van der Waals surface area contributed by atoms with Gasteiger partial charge in [0.25, 0.3) is 0 Å². The number of halogens is 1. The maximum atomic E-state index is 10.8. The summed E-state index contributed by atoms with van der Waals surface area (Å²) in [5, 5.41) is 10.3. The second-order valence-electron chi connectivity index (χ2n) is 4.04. The Morgan fingerprint density at radius 3 is 2.94 bits per heavy atom. The van der Waals surface area contributed by atoms with Gasteiger partial charge in [0, 0.05) is 23.0 Å². The molecule has 4 nitrogen and oxygen atoms in total. The molecule has 1 aromatic heterocycles. The highest BCUT2D eigenvalue weighted by Crippen LogP contribution is 2.29. The second kappa shape index (κ2) is 4.39. The number of aliphatic carboxylic acids is 1. The van der Waals surface area contributed by atoms with Crippen molar-refractivity contribution in [2.24, 2.45) is 5.73 Å². The van der Waals surface area contributed by atoms with Crippen LogP contribution in [0.15, 0.2) is 18.2 Å². The van der Waals surface area contributed by atoms with Gasteiger partial charge in [-0.1, -0.05) is 17.7 Å². The molecule has 17 heavy (non-hydrogen) atoms. The van der Waals surface area contributed by atoms with Crippen LogP contribution < -0.4 is 5.73 Å². The number of rotatable bonds is 3. The standard InChI is InChI=1S/C12H13ClN2O2/c1-6-7(5-9(14)12(16)17)11-8(13)3-2-4-10(11)15-6/h2-4,9,15H,5,14H2,1H3,(H,16,17)/t9-/m0/s1. The van der Waals surface area contributed by atoms with Crippen molar-refractivity contribution in [3.63, 3.8) is 0 Å². The monoisotopic (exact) mass is 252 g/mol. The number of aryl methyl sites for hydroxylation is 1. The van der Waals surface area contributed by atoms with E-state index in [2.05, 4.69) is 4.98 Å². The van der Waals surface area contributed by atoms with Gasteiger partial charge >= 0.3 is 5.97 Å². The lowest BCUT2D eigenvalue weighted by atomic mass is 10.0. The Hall–Kier alpha value is -1.52. The van der Waals surface area contributed by atoms with Gasteiger partial charge in [0.1, 0.15) is 6.04 Å². The van der Waals surface area contributed by atoms with Gasteiger partial charge in [0.2, 0.25) is 0 Å². The van der Waals surface area contributed by atoms with Crippen LogP contribution in [0, 0.1) is 6.92 Å². The van der Waals surface area contributed by atoms with Crippen molar-refractivity contribution in [1.29, 1.82) is 0 Å². The number of nitrogens with two attached hydrogens (primary N) is 1. The number of carbonyl (C=O) groups is 1. The molecule has 2 rings (SSSR count). The molecule has 0 amide bonds. The Morgan fingerprint density at radius 1 is 1.59 bits per heavy atom. The van der Waals surface area contributed by atoms with Gasteiger partial charge < -0.3 is 15.8 Å². The number of hydrogen-bond acceptors (Lipinski definition) is 2. The number of H-pyrrole nitrogens is 1. The number of carboxylic acids is 1. The van der Waals surface area contributed by atoms with Crippen molar-refractivity contribution in [1.82, 2.24) is 4.98 Å². The molecule has 0 fully saturated rings. The number of benzene rings is 1. The molecule has 5 heteroatoms. The van der Waals surface area contributed by atoms with Gasteiger partial charge in [0.05, 0.1) is 5.02 Å². The highest BCUT2D eigenvalue weighted by molar-refractivity contribution is 6.35. The molecule has 0 aliphatic heterocycles. The Balaban J connectivity index is 2.53. The SMILES string of the molecule is Cc1[nH]c2cccc(Cl)c2c1C[C@H](N)C(=O)O. The van der Waals surface area contributed by atoms with Crippen LogP contribution in [-0.4, -0.2) is 22.1 Å². The first-order valence-corrected chi connectivity index (χ1v) is 5.62. The Kier molecular flexibility index (Phi) is 3.09. The first kappa shape index (κ1) is 12.0. The molecule has 0 spiro atoms. The summed E-state index contributed by atoms with van der Waals surface area (Å²) in [6.07, 6.45) is 0.269. The maximum absolute atomic E-state index is 10.8. The molecule has 0 radical (unpaired) electrons. The predicted octanol–water partition coefficient (Wildman–Crippen LogP) is 2.08. The number of aromatic nitrogens is 1. The minimum Gasteiger partial charge on any atom is -0.480 e. The zero-order chi connectivity index (χ0) is 12.6. The molecule has 0 unspecified atom stereocenters. The van der Waals surface area contributed by atoms with E-state index in [4.69, 9.17) is 22.4 Å². The van der Waals surface area contributed by atoms with Gasteiger partial charge in [-0.3, -0.25) is 4.79 Å². The van der Waals surface area contributed by atoms with E-state index in [0.29, 0.717) is 5.02 Å². The summed E-state index contributed by atoms with van der Waals surface area (Å²) in [5.74, 6) is -1.01. The largest absolute Gasteiger partial charge is 0.480 e. The Morgan fingerprint density at radius 2 is 2.29 bits per heavy atom. The highest BCUT2D eigenvalue weighted by Gasteiger charge is 2.18. The van der Waals surface area contributed by atoms with Crippen LogP contribution in [-0.2, 0) is 11.2 Å². The first-order chi connectivity index (χ1) is 8.00. The van der Waals surface area contributed by atoms with Crippen LogP contribution in [0.2, 0.25) is 5.02 Å². The molecule has 1 heterocycles. The maximum Gasteiger partial charge on any atom is 0.320 e. The van der Waals surface area contributed by atoms with E-state index < -0.39 is 12.0 Å². The summed E-state index contributed by atoms with van der Waals surface area (Å²) in [7, 11) is 0. The third-order valence-electron chi connectivity index (χ3n) is 2.83. The summed E-state index contributed by atoms with van der Waals surface area (Å²) < 4.78 is 0. The third kappa shape index (κ3) is 2.14. The molecule has 0 saturated carbocycles. The van der Waals surface area contributed by atoms with E-state index in [9.17, 15) is 4.79 Å². The van der Waals surface area contributed by atoms with Crippen LogP contribution in [0.3, 0.4) is 0 Å². The molecule has 0 bridgehead atoms. The molecule has 4 N–H and O–H groups in total. The van der Waals surface area contributed by atoms with E-state index in [1.807, 2.05) is 19.1 Å². The molecule has 1 atom stereocenters. The number of carboxylic acid groups (broad SMARTS) is 1. The van der Waals surface area contributed by atoms with Gasteiger partial charge in [-0.2, -0.15) is 0 Å². The molecule has 90 valence electrons. The summed E-state index contributed by atoms with van der Waals surface area (Å²) in [4.78, 5) is 14.0. The fourth-order valence-electron chi connectivity index (χ4n) is 1.96. The van der Waals surface area contributed by atoms with Crippen LogP contribution in [0.5, 0.6) is 0 Å². The van der Waals surface area contributed by atoms with E-state index in [-0.39, 0.29) is 6.42 Å². The van der Waals surface area contributed by atoms with E-state index in [1.165, 1.54) is 0 Å². The van der Waals surface area contributed by atoms with Crippen molar-refractivity contribution in [3.8, 4) is 0 Å². The number of nitrogens with one attached hydrogen (secondary N) is 1. The van der Waals surface area contributed by atoms with Crippen molar-refractivity contribution in [2.45, 2.75) is 19.4 Å². The average molecular weight is 253 g/mol. The number of aromatic amines is 1. The first-order valence-electron chi connectivity index (χ1n) is 5.24. The lowest BCUT2D eigenvalue weighted by molar-refractivity contribution is -0.138. The van der Waals surface area contributed by atoms with Crippen LogP contribution in [0.25, 0.3) is 10.9 Å². The molecule has 2 aromatic rings. The lowest BCUT2D eigenvalue weighted by Crippen LogP contribution is -2.32. The van der Waals surface area contributed by atoms with Gasteiger partial charge in [-0.15, -0.1) is 0 Å². The number of fused-ring (bicyclic) bond motifs is 1. The fraction of sp³-hybridized carbons (Fsp3) is 0.250. The van der Waals surface area contributed by atoms with Crippen LogP contribution >= 0.6 is 11.6 Å². The van der Waals surface area contributed by atoms with Crippen molar-refractivity contribution >= 4 is 28.5 Å². The van der Waals surface area contributed by atoms with Gasteiger partial charge in [0.15, 0.2) is 0 Å². The van der Waals surface area contributed by atoms with Gasteiger partial charge in [-0.25, -0.2) is 0 Å². The zero-order valence-corrected chi connectivity index (χ0v) is 10.1. The van der Waals surface area contributed by atoms with Crippen molar-refractivity contribution in [2.75, 3.05) is 0 Å². The number of hydrogen-bond donors (Lipinski definition) is 3. The van der Waals surface area contributed by atoms with Crippen molar-refractivity contribution < 1.29 is 9.90 Å². The fourth-order valence-corrected chi connectivity index (χ4v) is 2.25. The minimum absolute atomic E-state index is 0.269. The normalized spacial score (nSPS) is 12.9. The van der Waals surface area contributed by atoms with E-state index in [1.54, 1.807) is 6.07 Å². The molecular formula is C12H13ClN2O2. The highest BCUT2D eigenvalue weighted by atomic mass is 35.5. The van der Waals surface area contributed by atoms with E-state index in [0.717, 1.165) is 22.2 Å². The summed E-state index contributed by atoms with van der Waals surface area (Å²) >= 11 is 6.13. The molecule has 0 aliphatic rings. The quantitative estimate of drug-likeness (QED) is 0.783. The smallest absolute Gasteiger partial charge is 0.320 e. The Bertz CT molecular complexity index is 577. The summed E-state index contributed by atoms with van der Waals surface area (Å²) in [6, 6.07) is 4.63. The summed E-state index contributed by atoms with van der Waals surface area (Å²) in [5.41, 5.74) is 8.25. The summed E-state index contributed by atoms with van der Waals surface area (Å²) in [6.45, 7) is 1.89. The van der Waals surface area contributed by atoms with Gasteiger partial charge in [-0.05, 0) is 24.6 Å². The Labute approximate surface area is 103 Å². The van der Waals surface area contributed by atoms with Crippen LogP contribution in [0.1, 0.15) is 11.3 Å². The predicted molar refractivity (Wildman–Crippen MR) is 67.4 cm³/mol. The van der Waals surface area contributed by atoms with Crippen LogP contribution in [0.4, 0.5) is 0 Å². The van der Waals surface area contributed by atoms with Crippen molar-refractivity contribution in [3.05, 3.63) is 34.5 Å². The molecule has 0 saturated heterocycles.